The molecule has 0 saturated heterocycles. The van der Waals surface area contributed by atoms with Crippen molar-refractivity contribution in [2.75, 3.05) is 26.2 Å². The number of rotatable bonds is 15. The Morgan fingerprint density at radius 3 is 2.28 bits per heavy atom. The number of nitrogens with one attached hydrogen (secondary N) is 1. The summed E-state index contributed by atoms with van der Waals surface area (Å²) in [5.41, 5.74) is 7.01. The molecule has 0 bridgehead atoms. The zero-order valence-electron chi connectivity index (χ0n) is 24.0. The number of allylic oxidation sites excluding steroid dienone is 1. The summed E-state index contributed by atoms with van der Waals surface area (Å²) in [6.07, 6.45) is 6.86. The largest absolute Gasteiger partial charge is 0.391 e. The topological polar surface area (TPSA) is 95.7 Å². The fourth-order valence-corrected chi connectivity index (χ4v) is 5.93. The van der Waals surface area contributed by atoms with E-state index in [0.29, 0.717) is 32.4 Å². The number of aliphatic hydroxyl groups is 1. The number of aliphatic hydroxyl groups excluding tert-OH is 1. The molecule has 0 saturated carbocycles. The number of hydrogen-bond acceptors (Lipinski definition) is 4. The Morgan fingerprint density at radius 2 is 1.67 bits per heavy atom. The third kappa shape index (κ3) is 7.37. The molecule has 0 heterocycles. The molecule has 2 aromatic carbocycles. The highest BCUT2D eigenvalue weighted by Gasteiger charge is 2.58. The molecule has 1 aliphatic carbocycles. The molecule has 1 aliphatic rings. The number of primary amides is 1. The van der Waals surface area contributed by atoms with Crippen LogP contribution in [0.25, 0.3) is 0 Å². The normalized spacial score (nSPS) is 22.5. The van der Waals surface area contributed by atoms with E-state index in [1.54, 1.807) is 6.08 Å². The average molecular weight is 534 g/mol. The van der Waals surface area contributed by atoms with E-state index in [4.69, 9.17) is 5.73 Å². The van der Waals surface area contributed by atoms with E-state index >= 15 is 0 Å². The molecule has 0 spiro atoms. The van der Waals surface area contributed by atoms with E-state index < -0.39 is 22.8 Å². The molecule has 2 amide bonds. The Kier molecular flexibility index (Phi) is 11.3. The van der Waals surface area contributed by atoms with Crippen LogP contribution in [-0.4, -0.2) is 54.1 Å². The lowest BCUT2D eigenvalue weighted by Gasteiger charge is -2.49. The van der Waals surface area contributed by atoms with E-state index in [9.17, 15) is 14.7 Å². The number of amides is 2. The molecule has 3 rings (SSSR count). The van der Waals surface area contributed by atoms with E-state index in [2.05, 4.69) is 50.4 Å². The zero-order chi connectivity index (χ0) is 28.3. The Labute approximate surface area is 234 Å². The minimum absolute atomic E-state index is 0.0682. The first kappa shape index (κ1) is 30.6. The van der Waals surface area contributed by atoms with Gasteiger partial charge in [0.05, 0.1) is 16.9 Å². The second kappa shape index (κ2) is 14.4. The van der Waals surface area contributed by atoms with Gasteiger partial charge < -0.3 is 21.1 Å². The maximum atomic E-state index is 14.3. The summed E-state index contributed by atoms with van der Waals surface area (Å²) in [5.74, 6) is -0.665. The van der Waals surface area contributed by atoms with Crippen LogP contribution in [0.3, 0.4) is 0 Å². The highest BCUT2D eigenvalue weighted by molar-refractivity contribution is 5.89. The van der Waals surface area contributed by atoms with Gasteiger partial charge in [0.2, 0.25) is 11.8 Å². The summed E-state index contributed by atoms with van der Waals surface area (Å²) < 4.78 is 0. The van der Waals surface area contributed by atoms with Crippen molar-refractivity contribution >= 4 is 11.8 Å². The van der Waals surface area contributed by atoms with Gasteiger partial charge in [0.25, 0.3) is 0 Å². The average Bonchev–Trinajstić information content (AvgIpc) is 2.93. The Bertz CT molecular complexity index is 1080. The van der Waals surface area contributed by atoms with Crippen molar-refractivity contribution in [2.45, 2.75) is 71.8 Å². The number of nitrogens with two attached hydrogens (primary N) is 1. The Hall–Kier alpha value is -2.96. The maximum absolute atomic E-state index is 14.3. The van der Waals surface area contributed by atoms with Crippen LogP contribution >= 0.6 is 0 Å². The summed E-state index contributed by atoms with van der Waals surface area (Å²) in [6.45, 7) is 9.01. The molecule has 1 unspecified atom stereocenters. The SMILES string of the molecule is CCCN(CCC)C(=O)C1(CCCNCCc2ccc(C)cc2)CC=C[C@](Cc2ccccc2)(C(N)=O)[C@@H]1O. The second-order valence-electron chi connectivity index (χ2n) is 11.1. The molecule has 3 atom stereocenters. The first-order valence-corrected chi connectivity index (χ1v) is 14.5. The minimum atomic E-state index is -1.35. The third-order valence-electron chi connectivity index (χ3n) is 8.09. The summed E-state index contributed by atoms with van der Waals surface area (Å²) in [4.78, 5) is 29.2. The predicted octanol–water partition coefficient (Wildman–Crippen LogP) is 4.58. The van der Waals surface area contributed by atoms with Gasteiger partial charge in [-0.1, -0.05) is 86.2 Å². The molecule has 212 valence electrons. The van der Waals surface area contributed by atoms with Crippen LogP contribution in [0.4, 0.5) is 0 Å². The molecule has 0 fully saturated rings. The van der Waals surface area contributed by atoms with E-state index in [-0.39, 0.29) is 12.3 Å². The Balaban J connectivity index is 1.81. The molecule has 4 N–H and O–H groups in total. The molecule has 39 heavy (non-hydrogen) atoms. The monoisotopic (exact) mass is 533 g/mol. The van der Waals surface area contributed by atoms with Crippen molar-refractivity contribution in [3.8, 4) is 0 Å². The van der Waals surface area contributed by atoms with E-state index in [1.165, 1.54) is 11.1 Å². The molecular weight excluding hydrogens is 486 g/mol. The molecule has 6 nitrogen and oxygen atoms in total. The number of carbonyl (C=O) groups is 2. The van der Waals surface area contributed by atoms with Gasteiger partial charge in [-0.05, 0) is 76.1 Å². The zero-order valence-corrected chi connectivity index (χ0v) is 24.0. The maximum Gasteiger partial charge on any atom is 0.231 e. The second-order valence-corrected chi connectivity index (χ2v) is 11.1. The molecular formula is C33H47N3O3. The lowest BCUT2D eigenvalue weighted by atomic mass is 9.58. The number of aryl methyl sites for hydroxylation is 1. The van der Waals surface area contributed by atoms with Crippen LogP contribution < -0.4 is 11.1 Å². The van der Waals surface area contributed by atoms with Gasteiger partial charge in [-0.15, -0.1) is 0 Å². The highest BCUT2D eigenvalue weighted by atomic mass is 16.3. The van der Waals surface area contributed by atoms with Crippen molar-refractivity contribution in [1.82, 2.24) is 10.2 Å². The van der Waals surface area contributed by atoms with Crippen molar-refractivity contribution in [1.29, 1.82) is 0 Å². The smallest absolute Gasteiger partial charge is 0.231 e. The van der Waals surface area contributed by atoms with Crippen LogP contribution in [0.1, 0.15) is 62.6 Å². The fourth-order valence-electron chi connectivity index (χ4n) is 5.93. The minimum Gasteiger partial charge on any atom is -0.391 e. The van der Waals surface area contributed by atoms with Gasteiger partial charge in [-0.3, -0.25) is 9.59 Å². The summed E-state index contributed by atoms with van der Waals surface area (Å²) in [5, 5.41) is 15.6. The van der Waals surface area contributed by atoms with Crippen LogP contribution in [0.2, 0.25) is 0 Å². The van der Waals surface area contributed by atoms with Crippen molar-refractivity contribution in [3.63, 3.8) is 0 Å². The van der Waals surface area contributed by atoms with Gasteiger partial charge in [-0.2, -0.15) is 0 Å². The van der Waals surface area contributed by atoms with Crippen LogP contribution in [0.15, 0.2) is 66.7 Å². The van der Waals surface area contributed by atoms with Crippen molar-refractivity contribution < 1.29 is 14.7 Å². The molecule has 0 radical (unpaired) electrons. The first-order chi connectivity index (χ1) is 18.8. The van der Waals surface area contributed by atoms with E-state index in [1.807, 2.05) is 41.3 Å². The molecule has 2 aromatic rings. The number of nitrogens with zero attached hydrogens (tertiary/aromatic N) is 1. The van der Waals surface area contributed by atoms with Crippen molar-refractivity contribution in [2.24, 2.45) is 16.6 Å². The Morgan fingerprint density at radius 1 is 1.00 bits per heavy atom. The summed E-state index contributed by atoms with van der Waals surface area (Å²) >= 11 is 0. The number of hydrogen-bond donors (Lipinski definition) is 3. The molecule has 6 heteroatoms. The number of carbonyl (C=O) groups excluding carboxylic acids is 2. The van der Waals surface area contributed by atoms with E-state index in [0.717, 1.165) is 37.9 Å². The highest BCUT2D eigenvalue weighted by Crippen LogP contribution is 2.48. The molecule has 0 aromatic heterocycles. The number of benzene rings is 2. The molecule has 0 aliphatic heterocycles. The third-order valence-corrected chi connectivity index (χ3v) is 8.09. The standard InChI is InChI=1S/C33H47N3O3/c1-4-23-36(24-5-2)31(39)32(20-10-21-35-22-17-27-15-13-26(3)14-16-27)18-9-19-33(29(32)37,30(34)38)25-28-11-7-6-8-12-28/h6-9,11-16,19,29,35,37H,4-5,10,17-18,20-25H2,1-3H3,(H2,34,38)/t29-,32?,33-/m1/s1. The van der Waals surface area contributed by atoms with Crippen LogP contribution in [0.5, 0.6) is 0 Å². The lowest BCUT2D eigenvalue weighted by Crippen LogP contribution is -2.61. The summed E-state index contributed by atoms with van der Waals surface area (Å²) in [6, 6.07) is 18.2. The van der Waals surface area contributed by atoms with Crippen LogP contribution in [-0.2, 0) is 22.4 Å². The summed E-state index contributed by atoms with van der Waals surface area (Å²) in [7, 11) is 0. The first-order valence-electron chi connectivity index (χ1n) is 14.5. The van der Waals surface area contributed by atoms with Crippen LogP contribution in [0, 0.1) is 17.8 Å². The van der Waals surface area contributed by atoms with Gasteiger partial charge in [-0.25, -0.2) is 0 Å². The van der Waals surface area contributed by atoms with Crippen molar-refractivity contribution in [3.05, 3.63) is 83.4 Å². The quantitative estimate of drug-likeness (QED) is 0.231. The van der Waals surface area contributed by atoms with Gasteiger partial charge in [0.15, 0.2) is 0 Å². The lowest BCUT2D eigenvalue weighted by molar-refractivity contribution is -0.162. The van der Waals surface area contributed by atoms with Gasteiger partial charge in [0.1, 0.15) is 0 Å². The van der Waals surface area contributed by atoms with Gasteiger partial charge >= 0.3 is 0 Å². The van der Waals surface area contributed by atoms with Gasteiger partial charge in [0, 0.05) is 13.1 Å². The predicted molar refractivity (Wildman–Crippen MR) is 158 cm³/mol. The fraction of sp³-hybridized carbons (Fsp3) is 0.515.